The van der Waals surface area contributed by atoms with Gasteiger partial charge in [-0.3, -0.25) is 0 Å². The summed E-state index contributed by atoms with van der Waals surface area (Å²) in [5.41, 5.74) is 0. The maximum Gasteiger partial charge on any atom is 0.187 e. The van der Waals surface area contributed by atoms with Crippen LogP contribution in [0.5, 0.6) is 0 Å². The molecule has 7 N–H and O–H groups in total. The van der Waals surface area contributed by atoms with Crippen LogP contribution in [0.25, 0.3) is 0 Å². The Labute approximate surface area is 155 Å². The van der Waals surface area contributed by atoms with Crippen LogP contribution in [0, 0.1) is 0 Å². The average molecular weight is 402 g/mol. The molecule has 4 unspecified atom stereocenters. The summed E-state index contributed by atoms with van der Waals surface area (Å²) in [6.45, 7) is -1.12. The van der Waals surface area contributed by atoms with E-state index < -0.39 is 74.6 Å². The summed E-state index contributed by atoms with van der Waals surface area (Å²) in [5.74, 6) is 0.345. The molecule has 0 saturated carbocycles. The van der Waals surface area contributed by atoms with Gasteiger partial charge in [0.1, 0.15) is 48.8 Å². The fraction of sp³-hybridized carbons (Fsp3) is 1.00. The lowest BCUT2D eigenvalue weighted by atomic mass is 9.97. The monoisotopic (exact) mass is 402 g/mol. The van der Waals surface area contributed by atoms with Gasteiger partial charge < -0.3 is 54.7 Å². The molecule has 0 amide bonds. The third-order valence-electron chi connectivity index (χ3n) is 4.33. The minimum atomic E-state index is -1.70. The Morgan fingerprint density at radius 1 is 0.731 bits per heavy atom. The predicted octanol–water partition coefficient (Wildman–Crippen LogP) is -4.44. The molecule has 2 saturated heterocycles. The quantitative estimate of drug-likeness (QED) is 0.193. The smallest absolute Gasteiger partial charge is 0.187 e. The number of rotatable bonds is 7. The van der Waals surface area contributed by atoms with E-state index in [4.69, 9.17) is 18.9 Å². The molecule has 12 heteroatoms. The van der Waals surface area contributed by atoms with Crippen molar-refractivity contribution in [2.75, 3.05) is 25.6 Å². The van der Waals surface area contributed by atoms with Crippen LogP contribution < -0.4 is 0 Å². The Kier molecular flexibility index (Phi) is 8.46. The number of ether oxygens (including phenoxy) is 4. The van der Waals surface area contributed by atoms with Crippen molar-refractivity contribution in [2.24, 2.45) is 0 Å². The maximum absolute atomic E-state index is 10.3. The lowest BCUT2D eigenvalue weighted by Gasteiger charge is -2.45. The van der Waals surface area contributed by atoms with Gasteiger partial charge in [0.25, 0.3) is 0 Å². The lowest BCUT2D eigenvalue weighted by molar-refractivity contribution is -0.359. The summed E-state index contributed by atoms with van der Waals surface area (Å²) in [7, 11) is 0. The van der Waals surface area contributed by atoms with Crippen molar-refractivity contribution < 1.29 is 54.7 Å². The summed E-state index contributed by atoms with van der Waals surface area (Å²) in [6.07, 6.45) is -14.5. The molecule has 154 valence electrons. The van der Waals surface area contributed by atoms with E-state index in [1.807, 2.05) is 0 Å². The summed E-state index contributed by atoms with van der Waals surface area (Å²) in [6, 6.07) is 0. The van der Waals surface area contributed by atoms with Gasteiger partial charge in [-0.25, -0.2) is 0 Å². The van der Waals surface area contributed by atoms with Crippen molar-refractivity contribution >= 4 is 12.6 Å². The van der Waals surface area contributed by atoms with Crippen molar-refractivity contribution in [3.05, 3.63) is 0 Å². The molecule has 2 aliphatic heterocycles. The van der Waals surface area contributed by atoms with Crippen molar-refractivity contribution in [1.82, 2.24) is 0 Å². The summed E-state index contributed by atoms with van der Waals surface area (Å²) >= 11 is 3.96. The SMILES string of the molecule is OCC1O[C@@H](O[C@@H]2C(CO)O[C@@H](OCCS)[C@@H](O)C2O)[C@@H](O)C(O)[C@H]1O. The summed E-state index contributed by atoms with van der Waals surface area (Å²) in [5, 5.41) is 68.7. The number of aliphatic hydroxyl groups is 7. The fourth-order valence-corrected chi connectivity index (χ4v) is 2.97. The first-order valence-corrected chi connectivity index (χ1v) is 8.79. The molecule has 2 fully saturated rings. The molecule has 26 heavy (non-hydrogen) atoms. The number of hydrogen-bond donors (Lipinski definition) is 8. The number of aliphatic hydroxyl groups excluding tert-OH is 7. The van der Waals surface area contributed by atoms with Gasteiger partial charge in [0.2, 0.25) is 0 Å². The van der Waals surface area contributed by atoms with Gasteiger partial charge >= 0.3 is 0 Å². The molecule has 0 aromatic rings. The Bertz CT molecular complexity index is 426. The van der Waals surface area contributed by atoms with Gasteiger partial charge in [-0.2, -0.15) is 12.6 Å². The number of thiol groups is 1. The standard InChI is InChI=1S/C14H26O11S/c15-3-5-7(17)8(18)10(20)14(23-5)25-12-6(4-16)24-13(22-1-2-26)11(21)9(12)19/h5-21,26H,1-4H2/t5?,6?,7-,8?,9?,10-,11-,12+,13+,14-/m0/s1. The molecule has 0 aromatic carbocycles. The largest absolute Gasteiger partial charge is 0.394 e. The highest BCUT2D eigenvalue weighted by molar-refractivity contribution is 7.80. The Hall–Kier alpha value is -0.0900. The number of hydrogen-bond acceptors (Lipinski definition) is 12. The molecule has 0 aromatic heterocycles. The topological polar surface area (TPSA) is 179 Å². The molecule has 0 radical (unpaired) electrons. The average Bonchev–Trinajstić information content (AvgIpc) is 2.64. The van der Waals surface area contributed by atoms with E-state index in [0.717, 1.165) is 0 Å². The normalized spacial score (nSPS) is 47.1. The van der Waals surface area contributed by atoms with E-state index in [1.54, 1.807) is 0 Å². The van der Waals surface area contributed by atoms with Crippen molar-refractivity contribution in [3.8, 4) is 0 Å². The van der Waals surface area contributed by atoms with Crippen LogP contribution >= 0.6 is 12.6 Å². The van der Waals surface area contributed by atoms with E-state index in [0.29, 0.717) is 5.75 Å². The molecular weight excluding hydrogens is 376 g/mol. The van der Waals surface area contributed by atoms with Crippen LogP contribution in [0.1, 0.15) is 0 Å². The highest BCUT2D eigenvalue weighted by Gasteiger charge is 2.50. The van der Waals surface area contributed by atoms with E-state index >= 15 is 0 Å². The Morgan fingerprint density at radius 2 is 1.31 bits per heavy atom. The third kappa shape index (κ3) is 4.66. The molecule has 2 heterocycles. The van der Waals surface area contributed by atoms with Gasteiger partial charge in [0.15, 0.2) is 12.6 Å². The van der Waals surface area contributed by atoms with Crippen LogP contribution in [0.4, 0.5) is 0 Å². The zero-order chi connectivity index (χ0) is 19.4. The van der Waals surface area contributed by atoms with Crippen molar-refractivity contribution in [3.63, 3.8) is 0 Å². The first-order chi connectivity index (χ1) is 12.3. The van der Waals surface area contributed by atoms with Crippen LogP contribution in [0.3, 0.4) is 0 Å². The minimum absolute atomic E-state index is 0.133. The first-order valence-electron chi connectivity index (χ1n) is 8.16. The van der Waals surface area contributed by atoms with E-state index in [9.17, 15) is 35.7 Å². The second-order valence-corrected chi connectivity index (χ2v) is 6.55. The maximum atomic E-state index is 10.3. The van der Waals surface area contributed by atoms with Crippen LogP contribution in [0.2, 0.25) is 0 Å². The van der Waals surface area contributed by atoms with Crippen molar-refractivity contribution in [1.29, 1.82) is 0 Å². The molecule has 2 rings (SSSR count). The Balaban J connectivity index is 2.09. The van der Waals surface area contributed by atoms with Gasteiger partial charge in [0.05, 0.1) is 19.8 Å². The van der Waals surface area contributed by atoms with Gasteiger partial charge in [-0.15, -0.1) is 0 Å². The molecule has 11 nitrogen and oxygen atoms in total. The van der Waals surface area contributed by atoms with Crippen LogP contribution in [-0.2, 0) is 18.9 Å². The third-order valence-corrected chi connectivity index (χ3v) is 4.52. The molecule has 0 aliphatic carbocycles. The lowest BCUT2D eigenvalue weighted by Crippen LogP contribution is -2.64. The molecule has 10 atom stereocenters. The van der Waals surface area contributed by atoms with E-state index in [2.05, 4.69) is 12.6 Å². The Morgan fingerprint density at radius 3 is 1.88 bits per heavy atom. The fourth-order valence-electron chi connectivity index (χ4n) is 2.86. The zero-order valence-corrected chi connectivity index (χ0v) is 14.7. The zero-order valence-electron chi connectivity index (χ0n) is 13.8. The van der Waals surface area contributed by atoms with Crippen LogP contribution in [-0.4, -0.2) is 123 Å². The minimum Gasteiger partial charge on any atom is -0.394 e. The second-order valence-electron chi connectivity index (χ2n) is 6.10. The molecular formula is C14H26O11S. The van der Waals surface area contributed by atoms with E-state index in [-0.39, 0.29) is 6.61 Å². The second kappa shape index (κ2) is 9.91. The molecule has 0 spiro atoms. The highest BCUT2D eigenvalue weighted by atomic mass is 32.1. The molecule has 0 bridgehead atoms. The summed E-state index contributed by atoms with van der Waals surface area (Å²) in [4.78, 5) is 0. The first kappa shape index (κ1) is 22.2. The highest BCUT2D eigenvalue weighted by Crippen LogP contribution is 2.29. The van der Waals surface area contributed by atoms with Crippen molar-refractivity contribution in [2.45, 2.75) is 61.4 Å². The van der Waals surface area contributed by atoms with Crippen LogP contribution in [0.15, 0.2) is 0 Å². The molecule has 2 aliphatic rings. The summed E-state index contributed by atoms with van der Waals surface area (Å²) < 4.78 is 21.2. The van der Waals surface area contributed by atoms with E-state index in [1.165, 1.54) is 0 Å². The van der Waals surface area contributed by atoms with Gasteiger partial charge in [-0.05, 0) is 0 Å². The predicted molar refractivity (Wildman–Crippen MR) is 86.2 cm³/mol. The van der Waals surface area contributed by atoms with Gasteiger partial charge in [0, 0.05) is 5.75 Å². The van der Waals surface area contributed by atoms with Gasteiger partial charge in [-0.1, -0.05) is 0 Å².